The minimum absolute atomic E-state index is 0.561. The molecule has 2 aliphatic heterocycles. The van der Waals surface area contributed by atoms with Gasteiger partial charge in [0.05, 0.1) is 0 Å². The van der Waals surface area contributed by atoms with Crippen LogP contribution >= 0.6 is 0 Å². The number of nitrogens with one attached hydrogen (secondary N) is 1. The molecular weight excluding hydrogens is 162 g/mol. The molecule has 2 heterocycles. The fraction of sp³-hybridized carbons (Fsp3) is 1.00. The maximum absolute atomic E-state index is 5.44. The van der Waals surface area contributed by atoms with Crippen molar-refractivity contribution in [3.05, 3.63) is 0 Å². The van der Waals surface area contributed by atoms with E-state index in [0.29, 0.717) is 5.41 Å². The van der Waals surface area contributed by atoms with E-state index in [1.165, 1.54) is 38.8 Å². The summed E-state index contributed by atoms with van der Waals surface area (Å²) in [7, 11) is 0. The number of hydrogen-bond acceptors (Lipinski definition) is 2. The third-order valence-corrected chi connectivity index (χ3v) is 3.92. The molecule has 0 amide bonds. The van der Waals surface area contributed by atoms with Gasteiger partial charge < -0.3 is 10.1 Å². The molecule has 0 radical (unpaired) electrons. The first kappa shape index (κ1) is 9.47. The predicted molar refractivity (Wildman–Crippen MR) is 53.8 cm³/mol. The van der Waals surface area contributed by atoms with Crippen LogP contribution in [-0.2, 0) is 4.74 Å². The number of piperidine rings is 1. The van der Waals surface area contributed by atoms with Crippen molar-refractivity contribution in [1.82, 2.24) is 5.32 Å². The summed E-state index contributed by atoms with van der Waals surface area (Å²) in [6, 6.07) is 0. The van der Waals surface area contributed by atoms with Crippen LogP contribution in [0.15, 0.2) is 0 Å². The third-order valence-electron chi connectivity index (χ3n) is 3.92. The van der Waals surface area contributed by atoms with Gasteiger partial charge in [0, 0.05) is 13.2 Å². The zero-order valence-electron chi connectivity index (χ0n) is 8.64. The van der Waals surface area contributed by atoms with Gasteiger partial charge in [0.2, 0.25) is 0 Å². The molecule has 13 heavy (non-hydrogen) atoms. The Morgan fingerprint density at radius 2 is 2.08 bits per heavy atom. The Bertz CT molecular complexity index is 157. The zero-order valence-corrected chi connectivity index (χ0v) is 8.64. The standard InChI is InChI=1S/C11H21NO/c1-11(4-7-13-8-5-11)10-3-2-6-12-9-10/h10,12H,2-9H2,1H3. The first-order valence-electron chi connectivity index (χ1n) is 5.60. The molecule has 0 aromatic carbocycles. The summed E-state index contributed by atoms with van der Waals surface area (Å²) in [5.74, 6) is 0.894. The number of rotatable bonds is 1. The molecule has 2 nitrogen and oxygen atoms in total. The van der Waals surface area contributed by atoms with Crippen molar-refractivity contribution in [2.24, 2.45) is 11.3 Å². The summed E-state index contributed by atoms with van der Waals surface area (Å²) in [6.07, 6.45) is 5.31. The summed E-state index contributed by atoms with van der Waals surface area (Å²) in [4.78, 5) is 0. The highest BCUT2D eigenvalue weighted by atomic mass is 16.5. The van der Waals surface area contributed by atoms with E-state index in [0.717, 1.165) is 19.1 Å². The second-order valence-electron chi connectivity index (χ2n) is 4.81. The second kappa shape index (κ2) is 3.97. The summed E-state index contributed by atoms with van der Waals surface area (Å²) in [6.45, 7) is 6.87. The fourth-order valence-corrected chi connectivity index (χ4v) is 2.69. The molecule has 0 aromatic rings. The quantitative estimate of drug-likeness (QED) is 0.669. The van der Waals surface area contributed by atoms with Gasteiger partial charge in [-0.1, -0.05) is 6.92 Å². The van der Waals surface area contributed by atoms with E-state index in [1.54, 1.807) is 0 Å². The molecular formula is C11H21NO. The topological polar surface area (TPSA) is 21.3 Å². The third kappa shape index (κ3) is 2.05. The minimum Gasteiger partial charge on any atom is -0.381 e. The molecule has 2 saturated heterocycles. The summed E-state index contributed by atoms with van der Waals surface area (Å²) in [5, 5.41) is 3.52. The molecule has 1 unspecified atom stereocenters. The van der Waals surface area contributed by atoms with Gasteiger partial charge in [-0.15, -0.1) is 0 Å². The van der Waals surface area contributed by atoms with Gasteiger partial charge in [-0.3, -0.25) is 0 Å². The Morgan fingerprint density at radius 1 is 1.31 bits per heavy atom. The Morgan fingerprint density at radius 3 is 2.69 bits per heavy atom. The van der Waals surface area contributed by atoms with Gasteiger partial charge in [0.1, 0.15) is 0 Å². The van der Waals surface area contributed by atoms with Crippen molar-refractivity contribution in [1.29, 1.82) is 0 Å². The van der Waals surface area contributed by atoms with Crippen LogP contribution in [-0.4, -0.2) is 26.3 Å². The lowest BCUT2D eigenvalue weighted by Crippen LogP contribution is -2.42. The molecule has 2 rings (SSSR count). The summed E-state index contributed by atoms with van der Waals surface area (Å²) >= 11 is 0. The highest BCUT2D eigenvalue weighted by Gasteiger charge is 2.36. The van der Waals surface area contributed by atoms with Gasteiger partial charge in [-0.05, 0) is 50.1 Å². The largest absolute Gasteiger partial charge is 0.381 e. The minimum atomic E-state index is 0.561. The van der Waals surface area contributed by atoms with Crippen LogP contribution < -0.4 is 5.32 Å². The first-order valence-corrected chi connectivity index (χ1v) is 5.60. The maximum atomic E-state index is 5.44. The molecule has 2 aliphatic rings. The first-order chi connectivity index (χ1) is 6.31. The molecule has 2 fully saturated rings. The van der Waals surface area contributed by atoms with E-state index in [2.05, 4.69) is 12.2 Å². The second-order valence-corrected chi connectivity index (χ2v) is 4.81. The Labute approximate surface area is 81.0 Å². The Balaban J connectivity index is 1.94. The normalized spacial score (nSPS) is 34.4. The molecule has 1 N–H and O–H groups in total. The molecule has 2 heteroatoms. The smallest absolute Gasteiger partial charge is 0.0471 e. The number of ether oxygens (including phenoxy) is 1. The van der Waals surface area contributed by atoms with Crippen LogP contribution in [0.4, 0.5) is 0 Å². The molecule has 0 spiro atoms. The van der Waals surface area contributed by atoms with Gasteiger partial charge >= 0.3 is 0 Å². The lowest BCUT2D eigenvalue weighted by atomic mass is 9.69. The van der Waals surface area contributed by atoms with E-state index in [-0.39, 0.29) is 0 Å². The zero-order chi connectivity index (χ0) is 9.15. The molecule has 0 saturated carbocycles. The highest BCUT2D eigenvalue weighted by molar-refractivity contribution is 4.87. The molecule has 0 aliphatic carbocycles. The van der Waals surface area contributed by atoms with Crippen molar-refractivity contribution in [3.8, 4) is 0 Å². The molecule has 0 bridgehead atoms. The SMILES string of the molecule is CC1(C2CCCNC2)CCOCC1. The predicted octanol–water partition coefficient (Wildman–Crippen LogP) is 1.80. The van der Waals surface area contributed by atoms with Crippen molar-refractivity contribution in [2.75, 3.05) is 26.3 Å². The van der Waals surface area contributed by atoms with Crippen LogP contribution in [0.5, 0.6) is 0 Å². The molecule has 1 atom stereocenters. The summed E-state index contributed by atoms with van der Waals surface area (Å²) in [5.41, 5.74) is 0.561. The van der Waals surface area contributed by atoms with Gasteiger partial charge in [-0.25, -0.2) is 0 Å². The van der Waals surface area contributed by atoms with Crippen LogP contribution in [0.1, 0.15) is 32.6 Å². The van der Waals surface area contributed by atoms with Crippen LogP contribution in [0.3, 0.4) is 0 Å². The average Bonchev–Trinajstić information content (AvgIpc) is 2.20. The monoisotopic (exact) mass is 183 g/mol. The van der Waals surface area contributed by atoms with E-state index < -0.39 is 0 Å². The fourth-order valence-electron chi connectivity index (χ4n) is 2.69. The van der Waals surface area contributed by atoms with Crippen LogP contribution in [0.2, 0.25) is 0 Å². The van der Waals surface area contributed by atoms with E-state index in [4.69, 9.17) is 4.74 Å². The average molecular weight is 183 g/mol. The number of hydrogen-bond donors (Lipinski definition) is 1. The van der Waals surface area contributed by atoms with E-state index >= 15 is 0 Å². The van der Waals surface area contributed by atoms with Crippen molar-refractivity contribution in [2.45, 2.75) is 32.6 Å². The lowest BCUT2D eigenvalue weighted by molar-refractivity contribution is -0.0137. The van der Waals surface area contributed by atoms with Crippen molar-refractivity contribution < 1.29 is 4.74 Å². The van der Waals surface area contributed by atoms with Crippen LogP contribution in [0, 0.1) is 11.3 Å². The van der Waals surface area contributed by atoms with Gasteiger partial charge in [-0.2, -0.15) is 0 Å². The molecule has 0 aromatic heterocycles. The van der Waals surface area contributed by atoms with Gasteiger partial charge in [0.15, 0.2) is 0 Å². The summed E-state index contributed by atoms with van der Waals surface area (Å²) < 4.78 is 5.44. The Hall–Kier alpha value is -0.0800. The van der Waals surface area contributed by atoms with E-state index in [1.807, 2.05) is 0 Å². The molecule has 76 valence electrons. The highest BCUT2D eigenvalue weighted by Crippen LogP contribution is 2.40. The maximum Gasteiger partial charge on any atom is 0.0471 e. The van der Waals surface area contributed by atoms with Gasteiger partial charge in [0.25, 0.3) is 0 Å². The van der Waals surface area contributed by atoms with Crippen molar-refractivity contribution in [3.63, 3.8) is 0 Å². The van der Waals surface area contributed by atoms with Crippen molar-refractivity contribution >= 4 is 0 Å². The van der Waals surface area contributed by atoms with Crippen LogP contribution in [0.25, 0.3) is 0 Å². The Kier molecular flexibility index (Phi) is 2.89. The lowest BCUT2D eigenvalue weighted by Gasteiger charge is -2.42. The van der Waals surface area contributed by atoms with E-state index in [9.17, 15) is 0 Å².